The highest BCUT2D eigenvalue weighted by Crippen LogP contribution is 2.24. The number of hydrogen-bond donors (Lipinski definition) is 1. The van der Waals surface area contributed by atoms with Crippen LogP contribution < -0.4 is 20.4 Å². The predicted octanol–water partition coefficient (Wildman–Crippen LogP) is 2.93. The maximum absolute atomic E-state index is 12.6. The van der Waals surface area contributed by atoms with E-state index in [9.17, 15) is 9.59 Å². The van der Waals surface area contributed by atoms with Crippen molar-refractivity contribution in [3.63, 3.8) is 0 Å². The summed E-state index contributed by atoms with van der Waals surface area (Å²) in [5.41, 5.74) is 0.334. The Morgan fingerprint density at radius 2 is 1.86 bits per heavy atom. The molecule has 0 spiro atoms. The third kappa shape index (κ3) is 3.99. The summed E-state index contributed by atoms with van der Waals surface area (Å²) in [4.78, 5) is 24.8. The van der Waals surface area contributed by atoms with Gasteiger partial charge in [0.2, 0.25) is 0 Å². The number of fused-ring (bicyclic) bond motifs is 1. The average molecular weight is 383 g/mol. The minimum absolute atomic E-state index is 0.0822. The van der Waals surface area contributed by atoms with Crippen LogP contribution in [0.4, 0.5) is 0 Å². The van der Waals surface area contributed by atoms with Gasteiger partial charge < -0.3 is 23.9 Å². The Kier molecular flexibility index (Phi) is 5.96. The fraction of sp³-hybridized carbons (Fsp3) is 0.238. The van der Waals surface area contributed by atoms with E-state index in [4.69, 9.17) is 18.6 Å². The molecule has 0 aliphatic heterocycles. The molecule has 0 bridgehead atoms. The van der Waals surface area contributed by atoms with Crippen molar-refractivity contribution in [1.82, 2.24) is 5.32 Å². The van der Waals surface area contributed by atoms with Crippen LogP contribution in [0.3, 0.4) is 0 Å². The largest absolute Gasteiger partial charge is 0.497 e. The van der Waals surface area contributed by atoms with Crippen LogP contribution in [-0.4, -0.2) is 33.8 Å². The standard InChI is InChI=1S/C21H21NO6/c1-25-15-8-4-6-13(10-15)18(27-3)12-22-20(23)16-11-14-7-5-9-17(26-2)19(14)28-21(16)24/h4-11,18H,12H2,1-3H3,(H,22,23). The molecule has 2 aromatic carbocycles. The zero-order valence-corrected chi connectivity index (χ0v) is 15.9. The fourth-order valence-corrected chi connectivity index (χ4v) is 2.90. The average Bonchev–Trinajstić information content (AvgIpc) is 2.73. The van der Waals surface area contributed by atoms with Gasteiger partial charge in [-0.2, -0.15) is 0 Å². The molecule has 1 atom stereocenters. The van der Waals surface area contributed by atoms with E-state index in [1.165, 1.54) is 13.2 Å². The lowest BCUT2D eigenvalue weighted by Gasteiger charge is -2.17. The Bertz CT molecular complexity index is 1040. The Morgan fingerprint density at radius 1 is 1.07 bits per heavy atom. The summed E-state index contributed by atoms with van der Waals surface area (Å²) in [7, 11) is 4.61. The second-order valence-electron chi connectivity index (χ2n) is 6.04. The molecule has 1 heterocycles. The van der Waals surface area contributed by atoms with Crippen LogP contribution >= 0.6 is 0 Å². The summed E-state index contributed by atoms with van der Waals surface area (Å²) in [6.45, 7) is 0.179. The van der Waals surface area contributed by atoms with Gasteiger partial charge in [-0.1, -0.05) is 24.3 Å². The predicted molar refractivity (Wildman–Crippen MR) is 104 cm³/mol. The molecule has 1 unspecified atom stereocenters. The number of para-hydroxylation sites is 1. The SMILES string of the molecule is COc1cccc(C(CNC(=O)c2cc3cccc(OC)c3oc2=O)OC)c1. The molecule has 3 aromatic rings. The molecule has 1 N–H and O–H groups in total. The Hall–Kier alpha value is -3.32. The highest BCUT2D eigenvalue weighted by Gasteiger charge is 2.18. The maximum Gasteiger partial charge on any atom is 0.349 e. The van der Waals surface area contributed by atoms with Crippen molar-refractivity contribution in [2.75, 3.05) is 27.9 Å². The van der Waals surface area contributed by atoms with E-state index in [0.717, 1.165) is 5.56 Å². The number of methoxy groups -OCH3 is 3. The van der Waals surface area contributed by atoms with Crippen LogP contribution in [-0.2, 0) is 4.74 Å². The van der Waals surface area contributed by atoms with Crippen molar-refractivity contribution in [3.8, 4) is 11.5 Å². The number of amides is 1. The molecule has 0 saturated carbocycles. The fourth-order valence-electron chi connectivity index (χ4n) is 2.90. The van der Waals surface area contributed by atoms with Gasteiger partial charge in [0.25, 0.3) is 5.91 Å². The van der Waals surface area contributed by atoms with Crippen molar-refractivity contribution in [2.24, 2.45) is 0 Å². The topological polar surface area (TPSA) is 87.0 Å². The highest BCUT2D eigenvalue weighted by molar-refractivity contribution is 5.97. The molecule has 7 heteroatoms. The number of ether oxygens (including phenoxy) is 3. The van der Waals surface area contributed by atoms with Crippen LogP contribution in [0.15, 0.2) is 57.7 Å². The lowest BCUT2D eigenvalue weighted by atomic mass is 10.1. The third-order valence-electron chi connectivity index (χ3n) is 4.39. The summed E-state index contributed by atoms with van der Waals surface area (Å²) in [5.74, 6) is 0.581. The van der Waals surface area contributed by atoms with Gasteiger partial charge >= 0.3 is 5.63 Å². The Balaban J connectivity index is 1.80. The molecular weight excluding hydrogens is 362 g/mol. The number of nitrogens with one attached hydrogen (secondary N) is 1. The lowest BCUT2D eigenvalue weighted by Crippen LogP contribution is -2.32. The summed E-state index contributed by atoms with van der Waals surface area (Å²) in [6.07, 6.45) is -0.397. The molecule has 146 valence electrons. The van der Waals surface area contributed by atoms with Crippen LogP contribution in [0.1, 0.15) is 22.0 Å². The van der Waals surface area contributed by atoms with Gasteiger partial charge in [0.15, 0.2) is 11.3 Å². The van der Waals surface area contributed by atoms with E-state index in [0.29, 0.717) is 22.5 Å². The van der Waals surface area contributed by atoms with Gasteiger partial charge in [0.1, 0.15) is 11.3 Å². The van der Waals surface area contributed by atoms with Crippen LogP contribution in [0, 0.1) is 0 Å². The van der Waals surface area contributed by atoms with Crippen LogP contribution in [0.25, 0.3) is 11.0 Å². The highest BCUT2D eigenvalue weighted by atomic mass is 16.5. The van der Waals surface area contributed by atoms with E-state index >= 15 is 0 Å². The van der Waals surface area contributed by atoms with Gasteiger partial charge in [-0.25, -0.2) is 4.79 Å². The summed E-state index contributed by atoms with van der Waals surface area (Å²) in [6, 6.07) is 14.0. The first-order chi connectivity index (χ1) is 13.6. The number of carbonyl (C=O) groups excluding carboxylic acids is 1. The van der Waals surface area contributed by atoms with Gasteiger partial charge in [0.05, 0.1) is 20.3 Å². The Morgan fingerprint density at radius 3 is 2.57 bits per heavy atom. The van der Waals surface area contributed by atoms with Crippen LogP contribution in [0.2, 0.25) is 0 Å². The molecule has 0 aliphatic carbocycles. The molecule has 28 heavy (non-hydrogen) atoms. The van der Waals surface area contributed by atoms with Crippen LogP contribution in [0.5, 0.6) is 11.5 Å². The second kappa shape index (κ2) is 8.58. The lowest BCUT2D eigenvalue weighted by molar-refractivity contribution is 0.0824. The molecule has 1 amide bonds. The first-order valence-corrected chi connectivity index (χ1v) is 8.63. The number of carbonyl (C=O) groups is 1. The first kappa shape index (κ1) is 19.4. The minimum Gasteiger partial charge on any atom is -0.497 e. The zero-order valence-electron chi connectivity index (χ0n) is 15.9. The van der Waals surface area contributed by atoms with Gasteiger partial charge in [-0.15, -0.1) is 0 Å². The van der Waals surface area contributed by atoms with E-state index < -0.39 is 17.6 Å². The zero-order chi connectivity index (χ0) is 20.1. The summed E-state index contributed by atoms with van der Waals surface area (Å²) >= 11 is 0. The number of hydrogen-bond acceptors (Lipinski definition) is 6. The normalized spacial score (nSPS) is 11.8. The first-order valence-electron chi connectivity index (χ1n) is 8.63. The van der Waals surface area contributed by atoms with Crippen molar-refractivity contribution < 1.29 is 23.4 Å². The Labute approximate surface area is 161 Å². The van der Waals surface area contributed by atoms with E-state index in [1.54, 1.807) is 32.4 Å². The third-order valence-corrected chi connectivity index (χ3v) is 4.39. The van der Waals surface area contributed by atoms with Gasteiger partial charge in [0, 0.05) is 19.0 Å². The monoisotopic (exact) mass is 383 g/mol. The second-order valence-corrected chi connectivity index (χ2v) is 6.04. The van der Waals surface area contributed by atoms with E-state index in [-0.39, 0.29) is 12.1 Å². The summed E-state index contributed by atoms with van der Waals surface area (Å²) < 4.78 is 21.2. The molecule has 0 radical (unpaired) electrons. The van der Waals surface area contributed by atoms with Crippen molar-refractivity contribution >= 4 is 16.9 Å². The minimum atomic E-state index is -0.732. The summed E-state index contributed by atoms with van der Waals surface area (Å²) in [5, 5.41) is 3.32. The molecule has 0 aliphatic rings. The maximum atomic E-state index is 12.6. The van der Waals surface area contributed by atoms with Crippen molar-refractivity contribution in [2.45, 2.75) is 6.10 Å². The molecular formula is C21H21NO6. The molecule has 7 nitrogen and oxygen atoms in total. The van der Waals surface area contributed by atoms with E-state index in [2.05, 4.69) is 5.32 Å². The smallest absolute Gasteiger partial charge is 0.349 e. The van der Waals surface area contributed by atoms with Crippen molar-refractivity contribution in [1.29, 1.82) is 0 Å². The van der Waals surface area contributed by atoms with Crippen molar-refractivity contribution in [3.05, 3.63) is 70.1 Å². The quantitative estimate of drug-likeness (QED) is 0.631. The van der Waals surface area contributed by atoms with Gasteiger partial charge in [-0.05, 0) is 29.8 Å². The molecule has 0 fully saturated rings. The molecule has 0 saturated heterocycles. The molecule has 3 rings (SSSR count). The van der Waals surface area contributed by atoms with E-state index in [1.807, 2.05) is 24.3 Å². The number of benzene rings is 2. The molecule has 1 aromatic heterocycles. The van der Waals surface area contributed by atoms with Gasteiger partial charge in [-0.3, -0.25) is 4.79 Å². The number of rotatable bonds is 7.